The zero-order chi connectivity index (χ0) is 12.7. The number of halogens is 2. The fourth-order valence-corrected chi connectivity index (χ4v) is 1.42. The van der Waals surface area contributed by atoms with Crippen LogP contribution < -0.4 is 10.6 Å². The summed E-state index contributed by atoms with van der Waals surface area (Å²) in [5, 5.41) is 5.62. The van der Waals surface area contributed by atoms with Crippen molar-refractivity contribution < 1.29 is 9.53 Å². The van der Waals surface area contributed by atoms with Gasteiger partial charge in [0.1, 0.15) is 12.0 Å². The SMILES string of the molecule is COCCNCC(=O)Nc1c(Cl)ncnc1Cl. The third kappa shape index (κ3) is 4.82. The van der Waals surface area contributed by atoms with Gasteiger partial charge in [-0.3, -0.25) is 4.79 Å². The van der Waals surface area contributed by atoms with Crippen LogP contribution in [0.1, 0.15) is 0 Å². The van der Waals surface area contributed by atoms with E-state index >= 15 is 0 Å². The van der Waals surface area contributed by atoms with E-state index < -0.39 is 0 Å². The summed E-state index contributed by atoms with van der Waals surface area (Å²) in [5.74, 6) is -0.278. The predicted molar refractivity (Wildman–Crippen MR) is 65.4 cm³/mol. The van der Waals surface area contributed by atoms with Crippen LogP contribution in [0.5, 0.6) is 0 Å². The molecule has 0 bridgehead atoms. The topological polar surface area (TPSA) is 76.1 Å². The minimum atomic E-state index is -0.278. The number of ether oxygens (including phenoxy) is 1. The monoisotopic (exact) mass is 278 g/mol. The van der Waals surface area contributed by atoms with E-state index in [1.165, 1.54) is 6.33 Å². The zero-order valence-corrected chi connectivity index (χ0v) is 10.7. The van der Waals surface area contributed by atoms with E-state index in [1.54, 1.807) is 7.11 Å². The number of anilines is 1. The Kier molecular flexibility index (Phi) is 6.13. The van der Waals surface area contributed by atoms with Gasteiger partial charge in [-0.2, -0.15) is 0 Å². The molecular weight excluding hydrogens is 267 g/mol. The lowest BCUT2D eigenvalue weighted by molar-refractivity contribution is -0.115. The Hall–Kier alpha value is -0.950. The van der Waals surface area contributed by atoms with Gasteiger partial charge in [0.25, 0.3) is 0 Å². The average Bonchev–Trinajstić information content (AvgIpc) is 2.30. The number of nitrogens with one attached hydrogen (secondary N) is 2. The van der Waals surface area contributed by atoms with Crippen molar-refractivity contribution in [3.8, 4) is 0 Å². The maximum Gasteiger partial charge on any atom is 0.238 e. The fourth-order valence-electron chi connectivity index (χ4n) is 1.01. The van der Waals surface area contributed by atoms with Gasteiger partial charge in [0.05, 0.1) is 13.2 Å². The molecule has 8 heteroatoms. The molecule has 2 N–H and O–H groups in total. The Balaban J connectivity index is 2.45. The first-order valence-electron chi connectivity index (χ1n) is 4.80. The van der Waals surface area contributed by atoms with E-state index in [1.807, 2.05) is 0 Å². The third-order valence-electron chi connectivity index (χ3n) is 1.79. The molecule has 1 amide bonds. The standard InChI is InChI=1S/C9H12Cl2N4O2/c1-17-3-2-12-4-6(16)15-7-8(10)13-5-14-9(7)11/h5,12H,2-4H2,1H3,(H,15,16). The molecule has 0 unspecified atom stereocenters. The number of methoxy groups -OCH3 is 1. The lowest BCUT2D eigenvalue weighted by atomic mass is 10.4. The Morgan fingerprint density at radius 2 is 2.06 bits per heavy atom. The molecule has 94 valence electrons. The van der Waals surface area contributed by atoms with Crippen LogP contribution in [0.15, 0.2) is 6.33 Å². The number of hydrogen-bond acceptors (Lipinski definition) is 5. The first-order valence-corrected chi connectivity index (χ1v) is 5.56. The number of carbonyl (C=O) groups excluding carboxylic acids is 1. The van der Waals surface area contributed by atoms with Crippen LogP contribution in [0.4, 0.5) is 5.69 Å². The quantitative estimate of drug-likeness (QED) is 0.599. The molecule has 0 aliphatic rings. The van der Waals surface area contributed by atoms with Gasteiger partial charge in [-0.05, 0) is 0 Å². The first kappa shape index (κ1) is 14.1. The Labute approximate surface area is 109 Å². The molecule has 1 heterocycles. The van der Waals surface area contributed by atoms with E-state index in [4.69, 9.17) is 27.9 Å². The second kappa shape index (κ2) is 7.39. The molecule has 0 spiro atoms. The summed E-state index contributed by atoms with van der Waals surface area (Å²) in [6.07, 6.45) is 1.22. The summed E-state index contributed by atoms with van der Waals surface area (Å²) >= 11 is 11.5. The lowest BCUT2D eigenvalue weighted by Gasteiger charge is -2.08. The minimum absolute atomic E-state index is 0.107. The molecular formula is C9H12Cl2N4O2. The van der Waals surface area contributed by atoms with Gasteiger partial charge >= 0.3 is 0 Å². The van der Waals surface area contributed by atoms with Crippen LogP contribution in [0.25, 0.3) is 0 Å². The van der Waals surface area contributed by atoms with Gasteiger partial charge in [0.15, 0.2) is 10.3 Å². The van der Waals surface area contributed by atoms with Crippen molar-refractivity contribution in [3.05, 3.63) is 16.6 Å². The second-order valence-electron chi connectivity index (χ2n) is 3.05. The number of hydrogen-bond donors (Lipinski definition) is 2. The zero-order valence-electron chi connectivity index (χ0n) is 9.17. The van der Waals surface area contributed by atoms with Gasteiger partial charge in [0.2, 0.25) is 5.91 Å². The van der Waals surface area contributed by atoms with Gasteiger partial charge in [-0.15, -0.1) is 0 Å². The van der Waals surface area contributed by atoms with Gasteiger partial charge in [-0.25, -0.2) is 9.97 Å². The largest absolute Gasteiger partial charge is 0.383 e. The van der Waals surface area contributed by atoms with Gasteiger partial charge in [-0.1, -0.05) is 23.2 Å². The highest BCUT2D eigenvalue weighted by molar-refractivity contribution is 6.38. The lowest BCUT2D eigenvalue weighted by Crippen LogP contribution is -2.30. The van der Waals surface area contributed by atoms with Crippen molar-refractivity contribution >= 4 is 34.8 Å². The van der Waals surface area contributed by atoms with Crippen LogP contribution in [0, 0.1) is 0 Å². The van der Waals surface area contributed by atoms with E-state index in [0.717, 1.165) is 0 Å². The van der Waals surface area contributed by atoms with E-state index in [0.29, 0.717) is 13.2 Å². The number of rotatable bonds is 6. The van der Waals surface area contributed by atoms with Crippen LogP contribution in [-0.2, 0) is 9.53 Å². The highest BCUT2D eigenvalue weighted by Crippen LogP contribution is 2.25. The molecule has 0 saturated heterocycles. The number of aromatic nitrogens is 2. The highest BCUT2D eigenvalue weighted by Gasteiger charge is 2.11. The van der Waals surface area contributed by atoms with Crippen LogP contribution in [0.3, 0.4) is 0 Å². The van der Waals surface area contributed by atoms with Crippen LogP contribution in [0.2, 0.25) is 10.3 Å². The van der Waals surface area contributed by atoms with Crippen molar-refractivity contribution in [3.63, 3.8) is 0 Å². The van der Waals surface area contributed by atoms with Crippen molar-refractivity contribution in [2.45, 2.75) is 0 Å². The van der Waals surface area contributed by atoms with E-state index in [-0.39, 0.29) is 28.4 Å². The van der Waals surface area contributed by atoms with Crippen LogP contribution in [-0.4, -0.2) is 42.7 Å². The maximum absolute atomic E-state index is 11.5. The molecule has 0 radical (unpaired) electrons. The molecule has 6 nitrogen and oxygen atoms in total. The molecule has 1 aromatic heterocycles. The maximum atomic E-state index is 11.5. The second-order valence-corrected chi connectivity index (χ2v) is 3.76. The Morgan fingerprint density at radius 3 is 2.65 bits per heavy atom. The molecule has 0 fully saturated rings. The van der Waals surface area contributed by atoms with Crippen molar-refractivity contribution in [1.82, 2.24) is 15.3 Å². The summed E-state index contributed by atoms with van der Waals surface area (Å²) in [6.45, 7) is 1.24. The first-order chi connectivity index (χ1) is 8.15. The van der Waals surface area contributed by atoms with Crippen molar-refractivity contribution in [1.29, 1.82) is 0 Å². The Bertz CT molecular complexity index is 369. The summed E-state index contributed by atoms with van der Waals surface area (Å²) in [5.41, 5.74) is 0.217. The molecule has 0 aromatic carbocycles. The molecule has 0 aliphatic carbocycles. The Morgan fingerprint density at radius 1 is 1.41 bits per heavy atom. The van der Waals surface area contributed by atoms with Crippen molar-refractivity contribution in [2.24, 2.45) is 0 Å². The molecule has 1 rings (SSSR count). The van der Waals surface area contributed by atoms with E-state index in [9.17, 15) is 4.79 Å². The molecule has 1 aromatic rings. The van der Waals surface area contributed by atoms with E-state index in [2.05, 4.69) is 20.6 Å². The number of carbonyl (C=O) groups is 1. The molecule has 0 atom stereocenters. The average molecular weight is 279 g/mol. The smallest absolute Gasteiger partial charge is 0.238 e. The highest BCUT2D eigenvalue weighted by atomic mass is 35.5. The van der Waals surface area contributed by atoms with Gasteiger partial charge in [0, 0.05) is 13.7 Å². The summed E-state index contributed by atoms with van der Waals surface area (Å²) < 4.78 is 4.82. The number of nitrogens with zero attached hydrogens (tertiary/aromatic N) is 2. The van der Waals surface area contributed by atoms with Crippen LogP contribution >= 0.6 is 23.2 Å². The molecule has 0 saturated carbocycles. The molecule has 17 heavy (non-hydrogen) atoms. The fraction of sp³-hybridized carbons (Fsp3) is 0.444. The van der Waals surface area contributed by atoms with Gasteiger partial charge < -0.3 is 15.4 Å². The predicted octanol–water partition coefficient (Wildman–Crippen LogP) is 0.958. The minimum Gasteiger partial charge on any atom is -0.383 e. The summed E-state index contributed by atoms with van der Waals surface area (Å²) in [4.78, 5) is 18.9. The normalized spacial score (nSPS) is 10.3. The van der Waals surface area contributed by atoms with Crippen molar-refractivity contribution in [2.75, 3.05) is 32.1 Å². The number of amides is 1. The summed E-state index contributed by atoms with van der Waals surface area (Å²) in [6, 6.07) is 0. The molecule has 0 aliphatic heterocycles. The summed E-state index contributed by atoms with van der Waals surface area (Å²) in [7, 11) is 1.59. The third-order valence-corrected chi connectivity index (χ3v) is 2.36.